The normalized spacial score (nSPS) is 12.9. The highest BCUT2D eigenvalue weighted by Gasteiger charge is 2.16. The molecule has 0 amide bonds. The maximum Gasteiger partial charge on any atom is 0.125 e. The average molecular weight is 309 g/mol. The summed E-state index contributed by atoms with van der Waals surface area (Å²) in [5.74, 6) is 0.843. The predicted molar refractivity (Wildman–Crippen MR) is 82.0 cm³/mol. The molecule has 3 aromatic rings. The summed E-state index contributed by atoms with van der Waals surface area (Å²) >= 11 is 7.74. The molecule has 2 heterocycles. The van der Waals surface area contributed by atoms with Crippen LogP contribution in [0.25, 0.3) is 11.0 Å². The number of thiophene rings is 1. The van der Waals surface area contributed by atoms with Crippen molar-refractivity contribution in [2.24, 2.45) is 0 Å². The van der Waals surface area contributed by atoms with Crippen LogP contribution in [0.15, 0.2) is 35.7 Å². The van der Waals surface area contributed by atoms with E-state index in [1.54, 1.807) is 17.4 Å². The molecule has 0 fully saturated rings. The fourth-order valence-corrected chi connectivity index (χ4v) is 3.53. The molecule has 5 heteroatoms. The van der Waals surface area contributed by atoms with E-state index < -0.39 is 0 Å². The standard InChI is InChI=1S/C15H14ClFN2S/c1-10(7-12-3-2-6-20-12)19-14-5-4-11(17)8-13(14)18-15(19)9-16/h2-6,8,10H,7,9H2,1H3. The van der Waals surface area contributed by atoms with Crippen molar-refractivity contribution in [2.75, 3.05) is 0 Å². The third-order valence-electron chi connectivity index (χ3n) is 3.36. The Morgan fingerprint density at radius 3 is 2.95 bits per heavy atom. The lowest BCUT2D eigenvalue weighted by Gasteiger charge is -2.16. The molecule has 2 nitrogen and oxygen atoms in total. The lowest BCUT2D eigenvalue weighted by atomic mass is 10.2. The summed E-state index contributed by atoms with van der Waals surface area (Å²) in [6.07, 6.45) is 0.921. The third-order valence-corrected chi connectivity index (χ3v) is 4.50. The molecule has 0 radical (unpaired) electrons. The Kier molecular flexibility index (Phi) is 3.76. The zero-order chi connectivity index (χ0) is 14.1. The van der Waals surface area contributed by atoms with Gasteiger partial charge in [-0.1, -0.05) is 6.07 Å². The van der Waals surface area contributed by atoms with Crippen molar-refractivity contribution in [1.29, 1.82) is 0 Å². The van der Waals surface area contributed by atoms with Crippen LogP contribution in [0.2, 0.25) is 0 Å². The second-order valence-electron chi connectivity index (χ2n) is 4.80. The van der Waals surface area contributed by atoms with Crippen molar-refractivity contribution in [3.05, 3.63) is 52.2 Å². The molecule has 2 aromatic heterocycles. The molecular formula is C15H14ClFN2S. The van der Waals surface area contributed by atoms with Gasteiger partial charge in [0, 0.05) is 23.4 Å². The number of imidazole rings is 1. The molecule has 0 saturated heterocycles. The van der Waals surface area contributed by atoms with E-state index in [1.165, 1.54) is 17.0 Å². The van der Waals surface area contributed by atoms with Gasteiger partial charge in [0.2, 0.25) is 0 Å². The van der Waals surface area contributed by atoms with Crippen LogP contribution in [-0.4, -0.2) is 9.55 Å². The number of fused-ring (bicyclic) bond motifs is 1. The first-order valence-corrected chi connectivity index (χ1v) is 7.85. The molecule has 0 bridgehead atoms. The monoisotopic (exact) mass is 308 g/mol. The van der Waals surface area contributed by atoms with Crippen LogP contribution in [0.4, 0.5) is 4.39 Å². The summed E-state index contributed by atoms with van der Waals surface area (Å²) in [7, 11) is 0. The van der Waals surface area contributed by atoms with E-state index in [2.05, 4.69) is 34.0 Å². The van der Waals surface area contributed by atoms with Crippen molar-refractivity contribution in [2.45, 2.75) is 25.3 Å². The Balaban J connectivity index is 2.04. The lowest BCUT2D eigenvalue weighted by molar-refractivity contribution is 0.547. The first-order chi connectivity index (χ1) is 9.69. The maximum atomic E-state index is 13.3. The second kappa shape index (κ2) is 5.54. The van der Waals surface area contributed by atoms with Gasteiger partial charge in [-0.25, -0.2) is 9.37 Å². The molecule has 0 aliphatic rings. The Morgan fingerprint density at radius 2 is 2.25 bits per heavy atom. The summed E-state index contributed by atoms with van der Waals surface area (Å²) in [6, 6.07) is 9.11. The molecule has 0 saturated carbocycles. The third kappa shape index (κ3) is 2.45. The van der Waals surface area contributed by atoms with Gasteiger partial charge >= 0.3 is 0 Å². The minimum atomic E-state index is -0.269. The van der Waals surface area contributed by atoms with E-state index in [9.17, 15) is 4.39 Å². The Bertz CT molecular complexity index is 721. The van der Waals surface area contributed by atoms with Gasteiger partial charge in [0.25, 0.3) is 0 Å². The molecule has 0 aliphatic carbocycles. The highest BCUT2D eigenvalue weighted by molar-refractivity contribution is 7.09. The highest BCUT2D eigenvalue weighted by atomic mass is 35.5. The van der Waals surface area contributed by atoms with E-state index in [-0.39, 0.29) is 11.9 Å². The van der Waals surface area contributed by atoms with Crippen LogP contribution < -0.4 is 0 Å². The number of halogens is 2. The van der Waals surface area contributed by atoms with Crippen LogP contribution in [-0.2, 0) is 12.3 Å². The molecule has 0 N–H and O–H groups in total. The van der Waals surface area contributed by atoms with Crippen LogP contribution in [0.5, 0.6) is 0 Å². The first kappa shape index (κ1) is 13.6. The quantitative estimate of drug-likeness (QED) is 0.634. The van der Waals surface area contributed by atoms with E-state index in [4.69, 9.17) is 11.6 Å². The van der Waals surface area contributed by atoms with Gasteiger partial charge in [-0.05, 0) is 30.5 Å². The molecule has 1 unspecified atom stereocenters. The summed E-state index contributed by atoms with van der Waals surface area (Å²) in [5.41, 5.74) is 1.60. The molecule has 0 spiro atoms. The van der Waals surface area contributed by atoms with E-state index in [0.717, 1.165) is 17.8 Å². The Labute approximate surface area is 125 Å². The second-order valence-corrected chi connectivity index (χ2v) is 6.10. The predicted octanol–water partition coefficient (Wildman–Crippen LogP) is 4.78. The summed E-state index contributed by atoms with van der Waals surface area (Å²) in [4.78, 5) is 5.76. The summed E-state index contributed by atoms with van der Waals surface area (Å²) < 4.78 is 15.4. The number of alkyl halides is 1. The zero-order valence-electron chi connectivity index (χ0n) is 11.0. The lowest BCUT2D eigenvalue weighted by Crippen LogP contribution is -2.10. The topological polar surface area (TPSA) is 17.8 Å². The molecular weight excluding hydrogens is 295 g/mol. The largest absolute Gasteiger partial charge is 0.324 e. The van der Waals surface area contributed by atoms with Crippen LogP contribution >= 0.6 is 22.9 Å². The average Bonchev–Trinajstić information content (AvgIpc) is 3.04. The van der Waals surface area contributed by atoms with Crippen molar-refractivity contribution < 1.29 is 4.39 Å². The van der Waals surface area contributed by atoms with Crippen molar-refractivity contribution in [3.8, 4) is 0 Å². The smallest absolute Gasteiger partial charge is 0.125 e. The van der Waals surface area contributed by atoms with Gasteiger partial charge < -0.3 is 4.57 Å². The van der Waals surface area contributed by atoms with E-state index in [1.807, 2.05) is 0 Å². The van der Waals surface area contributed by atoms with Gasteiger partial charge in [-0.15, -0.1) is 22.9 Å². The fraction of sp³-hybridized carbons (Fsp3) is 0.267. The Morgan fingerprint density at radius 1 is 1.40 bits per heavy atom. The molecule has 1 aromatic carbocycles. The van der Waals surface area contributed by atoms with Gasteiger partial charge in [0.1, 0.15) is 11.6 Å². The van der Waals surface area contributed by atoms with Gasteiger partial charge in [-0.3, -0.25) is 0 Å². The molecule has 104 valence electrons. The van der Waals surface area contributed by atoms with Crippen LogP contribution in [0.1, 0.15) is 23.7 Å². The minimum absolute atomic E-state index is 0.234. The number of aromatic nitrogens is 2. The first-order valence-electron chi connectivity index (χ1n) is 6.43. The van der Waals surface area contributed by atoms with Crippen LogP contribution in [0, 0.1) is 5.82 Å². The fourth-order valence-electron chi connectivity index (χ4n) is 2.52. The molecule has 1 atom stereocenters. The van der Waals surface area contributed by atoms with Crippen molar-refractivity contribution in [1.82, 2.24) is 9.55 Å². The number of rotatable bonds is 4. The number of hydrogen-bond acceptors (Lipinski definition) is 2. The van der Waals surface area contributed by atoms with Gasteiger partial charge in [0.05, 0.1) is 16.9 Å². The minimum Gasteiger partial charge on any atom is -0.324 e. The highest BCUT2D eigenvalue weighted by Crippen LogP contribution is 2.26. The van der Waals surface area contributed by atoms with E-state index >= 15 is 0 Å². The molecule has 3 rings (SSSR count). The molecule has 0 aliphatic heterocycles. The van der Waals surface area contributed by atoms with Gasteiger partial charge in [-0.2, -0.15) is 0 Å². The Hall–Kier alpha value is -1.39. The zero-order valence-corrected chi connectivity index (χ0v) is 12.6. The van der Waals surface area contributed by atoms with Gasteiger partial charge in [0.15, 0.2) is 0 Å². The summed E-state index contributed by atoms with van der Waals surface area (Å²) in [6.45, 7) is 2.14. The number of hydrogen-bond donors (Lipinski definition) is 0. The number of nitrogens with zero attached hydrogens (tertiary/aromatic N) is 2. The van der Waals surface area contributed by atoms with Crippen LogP contribution in [0.3, 0.4) is 0 Å². The summed E-state index contributed by atoms with van der Waals surface area (Å²) in [5, 5.41) is 2.08. The van der Waals surface area contributed by atoms with Crippen molar-refractivity contribution in [3.63, 3.8) is 0 Å². The maximum absolute atomic E-state index is 13.3. The van der Waals surface area contributed by atoms with E-state index in [0.29, 0.717) is 11.4 Å². The van der Waals surface area contributed by atoms with Crippen molar-refractivity contribution >= 4 is 34.0 Å². The molecule has 20 heavy (non-hydrogen) atoms. The SMILES string of the molecule is CC(Cc1cccs1)n1c(CCl)nc2cc(F)ccc21. The number of benzene rings is 1.